The zero-order valence-electron chi connectivity index (χ0n) is 17.5. The van der Waals surface area contributed by atoms with Gasteiger partial charge in [0.2, 0.25) is 5.91 Å². The van der Waals surface area contributed by atoms with Crippen LogP contribution in [0.15, 0.2) is 30.3 Å². The number of aliphatic carboxylic acids is 1. The topological polar surface area (TPSA) is 95.9 Å². The van der Waals surface area contributed by atoms with E-state index in [1.165, 1.54) is 4.90 Å². The number of ether oxygens (including phenoxy) is 1. The molecule has 7 nitrogen and oxygen atoms in total. The van der Waals surface area contributed by atoms with Gasteiger partial charge < -0.3 is 14.7 Å². The van der Waals surface area contributed by atoms with Crippen molar-refractivity contribution in [2.45, 2.75) is 44.8 Å². The Hall–Kier alpha value is -2.06. The Labute approximate surface area is 181 Å². The Morgan fingerprint density at radius 2 is 2.00 bits per heavy atom. The first-order valence-electron chi connectivity index (χ1n) is 10.5. The molecular weight excluding hydrogens is 404 g/mol. The normalized spacial score (nSPS) is 24.9. The first kappa shape index (κ1) is 22.6. The maximum Gasteiger partial charge on any atom is 0.326 e. The Balaban J connectivity index is 1.66. The molecule has 3 unspecified atom stereocenters. The molecule has 2 heterocycles. The van der Waals surface area contributed by atoms with Gasteiger partial charge in [-0.1, -0.05) is 30.3 Å². The van der Waals surface area contributed by atoms with Crippen molar-refractivity contribution in [2.75, 3.05) is 24.7 Å². The van der Waals surface area contributed by atoms with Crippen LogP contribution in [0.1, 0.15) is 25.8 Å². The van der Waals surface area contributed by atoms with E-state index in [4.69, 9.17) is 4.74 Å². The van der Waals surface area contributed by atoms with Gasteiger partial charge in [0.05, 0.1) is 12.6 Å². The van der Waals surface area contributed by atoms with Crippen LogP contribution in [-0.4, -0.2) is 70.6 Å². The fourth-order valence-corrected chi connectivity index (χ4v) is 5.90. The number of hydrogen-bond acceptors (Lipinski definition) is 6. The Kier molecular flexibility index (Phi) is 7.77. The van der Waals surface area contributed by atoms with Crippen molar-refractivity contribution >= 4 is 29.6 Å². The third-order valence-electron chi connectivity index (χ3n) is 5.91. The largest absolute Gasteiger partial charge is 0.480 e. The fraction of sp³-hybridized carbons (Fsp3) is 0.591. The number of hydrogen-bond donors (Lipinski definition) is 2. The van der Waals surface area contributed by atoms with E-state index < -0.39 is 30.1 Å². The number of rotatable bonds is 9. The first-order valence-corrected chi connectivity index (χ1v) is 11.7. The lowest BCUT2D eigenvalue weighted by molar-refractivity contribution is -0.151. The molecule has 2 N–H and O–H groups in total. The van der Waals surface area contributed by atoms with Gasteiger partial charge in [-0.2, -0.15) is 11.8 Å². The van der Waals surface area contributed by atoms with E-state index in [0.717, 1.165) is 17.1 Å². The van der Waals surface area contributed by atoms with Crippen LogP contribution in [0.25, 0.3) is 0 Å². The molecule has 0 spiro atoms. The number of nitrogens with one attached hydrogen (secondary N) is 1. The highest BCUT2D eigenvalue weighted by Crippen LogP contribution is 2.40. The molecule has 2 aliphatic rings. The summed E-state index contributed by atoms with van der Waals surface area (Å²) in [5.74, 6) is 0.289. The number of carbonyl (C=O) groups excluding carboxylic acids is 2. The van der Waals surface area contributed by atoms with Gasteiger partial charge in [0.1, 0.15) is 12.1 Å². The maximum absolute atomic E-state index is 13.1. The van der Waals surface area contributed by atoms with Crippen molar-refractivity contribution in [1.82, 2.24) is 10.2 Å². The van der Waals surface area contributed by atoms with E-state index in [2.05, 4.69) is 5.32 Å². The van der Waals surface area contributed by atoms with Crippen LogP contribution in [0.4, 0.5) is 0 Å². The summed E-state index contributed by atoms with van der Waals surface area (Å²) in [6.45, 7) is 4.17. The zero-order valence-corrected chi connectivity index (χ0v) is 18.3. The summed E-state index contributed by atoms with van der Waals surface area (Å²) in [4.78, 5) is 38.9. The number of benzene rings is 1. The summed E-state index contributed by atoms with van der Waals surface area (Å²) in [6.07, 6.45) is 1.16. The van der Waals surface area contributed by atoms with Gasteiger partial charge in [0.15, 0.2) is 0 Å². The molecule has 0 bridgehead atoms. The summed E-state index contributed by atoms with van der Waals surface area (Å²) in [5.41, 5.74) is 1.10. The lowest BCUT2D eigenvalue weighted by Crippen LogP contribution is -2.54. The molecule has 5 atom stereocenters. The number of amides is 1. The number of likely N-dealkylation sites (tertiary alicyclic amines) is 1. The Bertz CT molecular complexity index is 759. The van der Waals surface area contributed by atoms with Crippen LogP contribution < -0.4 is 5.32 Å². The SMILES string of the molecule is CCOC(=O)C(CCc1ccccc1)N[C@@H](C)C(=O)N1CC2CSCC2[C@H]1C(=O)O. The van der Waals surface area contributed by atoms with Crippen molar-refractivity contribution in [3.8, 4) is 0 Å². The minimum Gasteiger partial charge on any atom is -0.480 e. The monoisotopic (exact) mass is 434 g/mol. The molecule has 3 rings (SSSR count). The number of fused-ring (bicyclic) bond motifs is 1. The lowest BCUT2D eigenvalue weighted by Gasteiger charge is -2.29. The number of aryl methyl sites for hydroxylation is 1. The first-order chi connectivity index (χ1) is 14.4. The van der Waals surface area contributed by atoms with Crippen molar-refractivity contribution in [2.24, 2.45) is 11.8 Å². The van der Waals surface area contributed by atoms with E-state index in [-0.39, 0.29) is 24.3 Å². The van der Waals surface area contributed by atoms with Gasteiger partial charge in [0, 0.05) is 12.5 Å². The molecular formula is C22H30N2O5S. The quantitative estimate of drug-likeness (QED) is 0.572. The number of carboxylic acid groups (broad SMARTS) is 1. The predicted molar refractivity (Wildman–Crippen MR) is 115 cm³/mol. The minimum absolute atomic E-state index is 0.00239. The number of nitrogens with zero attached hydrogens (tertiary/aromatic N) is 1. The predicted octanol–water partition coefficient (Wildman–Crippen LogP) is 1.80. The molecule has 8 heteroatoms. The standard InChI is InChI=1S/C22H30N2O5S/c1-3-29-22(28)18(10-9-15-7-5-4-6-8-15)23-14(2)20(25)24-11-16-12-30-13-17(16)19(24)21(26)27/h4-8,14,16-19,23H,3,9-13H2,1-2H3,(H,26,27)/t14-,16?,17?,18?,19-/m0/s1. The van der Waals surface area contributed by atoms with E-state index in [1.807, 2.05) is 30.3 Å². The van der Waals surface area contributed by atoms with Crippen molar-refractivity contribution in [3.63, 3.8) is 0 Å². The van der Waals surface area contributed by atoms with Crippen LogP contribution in [-0.2, 0) is 25.5 Å². The Morgan fingerprint density at radius 3 is 2.67 bits per heavy atom. The summed E-state index contributed by atoms with van der Waals surface area (Å²) < 4.78 is 5.20. The highest BCUT2D eigenvalue weighted by Gasteiger charge is 2.50. The van der Waals surface area contributed by atoms with Crippen LogP contribution >= 0.6 is 11.8 Å². The van der Waals surface area contributed by atoms with Gasteiger partial charge in [-0.05, 0) is 49.7 Å². The number of carboxylic acids is 1. The molecule has 1 amide bonds. The summed E-state index contributed by atoms with van der Waals surface area (Å²) >= 11 is 1.76. The second-order valence-corrected chi connectivity index (χ2v) is 9.03. The summed E-state index contributed by atoms with van der Waals surface area (Å²) in [7, 11) is 0. The van der Waals surface area contributed by atoms with Gasteiger partial charge in [-0.25, -0.2) is 4.79 Å². The summed E-state index contributed by atoms with van der Waals surface area (Å²) in [6, 6.07) is 7.73. The average molecular weight is 435 g/mol. The molecule has 30 heavy (non-hydrogen) atoms. The number of carbonyl (C=O) groups is 3. The van der Waals surface area contributed by atoms with Gasteiger partial charge >= 0.3 is 11.9 Å². The highest BCUT2D eigenvalue weighted by atomic mass is 32.2. The molecule has 1 aromatic rings. The smallest absolute Gasteiger partial charge is 0.326 e. The molecule has 2 fully saturated rings. The van der Waals surface area contributed by atoms with E-state index in [1.54, 1.807) is 25.6 Å². The molecule has 0 aliphatic carbocycles. The molecule has 0 radical (unpaired) electrons. The number of esters is 1. The number of thioether (sulfide) groups is 1. The maximum atomic E-state index is 13.1. The molecule has 0 saturated carbocycles. The summed E-state index contributed by atoms with van der Waals surface area (Å²) in [5, 5.41) is 12.8. The van der Waals surface area contributed by atoms with Crippen LogP contribution in [0.2, 0.25) is 0 Å². The third kappa shape index (κ3) is 5.16. The Morgan fingerprint density at radius 1 is 1.27 bits per heavy atom. The average Bonchev–Trinajstić information content (AvgIpc) is 3.32. The molecule has 2 aliphatic heterocycles. The second kappa shape index (κ2) is 10.3. The van der Waals surface area contributed by atoms with E-state index in [0.29, 0.717) is 19.4 Å². The van der Waals surface area contributed by atoms with Gasteiger partial charge in [-0.3, -0.25) is 14.9 Å². The third-order valence-corrected chi connectivity index (χ3v) is 7.20. The van der Waals surface area contributed by atoms with Crippen molar-refractivity contribution in [1.29, 1.82) is 0 Å². The molecule has 2 saturated heterocycles. The van der Waals surface area contributed by atoms with Crippen LogP contribution in [0, 0.1) is 11.8 Å². The van der Waals surface area contributed by atoms with Crippen LogP contribution in [0.3, 0.4) is 0 Å². The van der Waals surface area contributed by atoms with Gasteiger partial charge in [-0.15, -0.1) is 0 Å². The lowest BCUT2D eigenvalue weighted by atomic mass is 9.94. The van der Waals surface area contributed by atoms with Crippen LogP contribution in [0.5, 0.6) is 0 Å². The van der Waals surface area contributed by atoms with Crippen molar-refractivity contribution < 1.29 is 24.2 Å². The van der Waals surface area contributed by atoms with E-state index in [9.17, 15) is 19.5 Å². The molecule has 164 valence electrons. The highest BCUT2D eigenvalue weighted by molar-refractivity contribution is 7.99. The fourth-order valence-electron chi connectivity index (χ4n) is 4.38. The molecule has 0 aromatic heterocycles. The second-order valence-electron chi connectivity index (χ2n) is 7.95. The molecule has 1 aromatic carbocycles. The van der Waals surface area contributed by atoms with E-state index >= 15 is 0 Å². The van der Waals surface area contributed by atoms with Crippen molar-refractivity contribution in [3.05, 3.63) is 35.9 Å². The zero-order chi connectivity index (χ0) is 21.7. The van der Waals surface area contributed by atoms with Gasteiger partial charge in [0.25, 0.3) is 0 Å². The minimum atomic E-state index is -0.948.